The van der Waals surface area contributed by atoms with Crippen molar-refractivity contribution in [2.24, 2.45) is 0 Å². The molecule has 10 heavy (non-hydrogen) atoms. The van der Waals surface area contributed by atoms with Crippen molar-refractivity contribution in [3.63, 3.8) is 0 Å². The third kappa shape index (κ3) is 2.79. The summed E-state index contributed by atoms with van der Waals surface area (Å²) < 4.78 is 9.92. The SMILES string of the molecule is CC[O][Sn]([CH2]C)([CH2]C)[CH2]C. The van der Waals surface area contributed by atoms with Crippen molar-refractivity contribution in [3.8, 4) is 0 Å². The van der Waals surface area contributed by atoms with Gasteiger partial charge in [0.15, 0.2) is 0 Å². The first-order valence-corrected chi connectivity index (χ1v) is 11.6. The number of hydrogen-bond donors (Lipinski definition) is 0. The summed E-state index contributed by atoms with van der Waals surface area (Å²) >= 11 is -1.93. The predicted octanol–water partition coefficient (Wildman–Crippen LogP) is 3.03. The minimum atomic E-state index is -1.93. The molecule has 0 aromatic rings. The van der Waals surface area contributed by atoms with Crippen LogP contribution in [0.3, 0.4) is 0 Å². The molecule has 0 unspecified atom stereocenters. The van der Waals surface area contributed by atoms with Crippen LogP contribution in [0.4, 0.5) is 0 Å². The topological polar surface area (TPSA) is 9.23 Å². The van der Waals surface area contributed by atoms with Gasteiger partial charge in [-0.15, -0.1) is 0 Å². The van der Waals surface area contributed by atoms with Crippen molar-refractivity contribution in [3.05, 3.63) is 0 Å². The molecule has 0 aromatic heterocycles. The standard InChI is InChI=1S/C2H5O.3C2H5.Sn/c1-2-3;3*1-2;/h2H2,1H3;3*1H2,2H3;/q-1;;;;+1. The molecule has 62 valence electrons. The summed E-state index contributed by atoms with van der Waals surface area (Å²) in [6, 6.07) is 0. The maximum atomic E-state index is 5.89. The predicted molar refractivity (Wildman–Crippen MR) is 48.8 cm³/mol. The van der Waals surface area contributed by atoms with E-state index in [9.17, 15) is 0 Å². The van der Waals surface area contributed by atoms with Crippen LogP contribution >= 0.6 is 0 Å². The first-order chi connectivity index (χ1) is 4.74. The van der Waals surface area contributed by atoms with E-state index in [0.29, 0.717) is 0 Å². The van der Waals surface area contributed by atoms with E-state index in [0.717, 1.165) is 6.61 Å². The van der Waals surface area contributed by atoms with E-state index >= 15 is 0 Å². The van der Waals surface area contributed by atoms with Crippen LogP contribution in [0.25, 0.3) is 0 Å². The zero-order chi connectivity index (χ0) is 8.04. The molecule has 0 spiro atoms. The third-order valence-corrected chi connectivity index (χ3v) is 16.0. The normalized spacial score (nSPS) is 12.0. The van der Waals surface area contributed by atoms with Gasteiger partial charge in [-0.3, -0.25) is 0 Å². The fourth-order valence-electron chi connectivity index (χ4n) is 1.36. The van der Waals surface area contributed by atoms with Crippen molar-refractivity contribution >= 4 is 18.8 Å². The monoisotopic (exact) mass is 252 g/mol. The molecule has 0 radical (unpaired) electrons. The Labute approximate surface area is 69.6 Å². The molecular formula is C8H20OSn. The Morgan fingerprint density at radius 1 is 0.900 bits per heavy atom. The van der Waals surface area contributed by atoms with Crippen molar-refractivity contribution < 1.29 is 3.07 Å². The second-order valence-corrected chi connectivity index (χ2v) is 16.3. The Morgan fingerprint density at radius 2 is 1.30 bits per heavy atom. The van der Waals surface area contributed by atoms with Gasteiger partial charge in [0.05, 0.1) is 0 Å². The Hall–Kier alpha value is 0.759. The molecule has 1 nitrogen and oxygen atoms in total. The van der Waals surface area contributed by atoms with Gasteiger partial charge in [-0.25, -0.2) is 0 Å². The Morgan fingerprint density at radius 3 is 1.40 bits per heavy atom. The van der Waals surface area contributed by atoms with Crippen molar-refractivity contribution in [1.29, 1.82) is 0 Å². The minimum absolute atomic E-state index is 0.936. The number of rotatable bonds is 5. The Bertz CT molecular complexity index is 71.1. The van der Waals surface area contributed by atoms with Gasteiger partial charge in [0, 0.05) is 0 Å². The fraction of sp³-hybridized carbons (Fsp3) is 1.00. The van der Waals surface area contributed by atoms with Crippen LogP contribution in [-0.4, -0.2) is 25.4 Å². The molecule has 0 heterocycles. The van der Waals surface area contributed by atoms with E-state index in [2.05, 4.69) is 27.7 Å². The molecule has 0 saturated carbocycles. The molecule has 0 aliphatic carbocycles. The van der Waals surface area contributed by atoms with Crippen molar-refractivity contribution in [2.45, 2.75) is 41.0 Å². The van der Waals surface area contributed by atoms with Gasteiger partial charge in [0.1, 0.15) is 0 Å². The van der Waals surface area contributed by atoms with E-state index in [1.807, 2.05) is 0 Å². The van der Waals surface area contributed by atoms with Gasteiger partial charge in [0.25, 0.3) is 0 Å². The summed E-state index contributed by atoms with van der Waals surface area (Å²) in [7, 11) is 0. The van der Waals surface area contributed by atoms with Crippen molar-refractivity contribution in [1.82, 2.24) is 0 Å². The second kappa shape index (κ2) is 5.41. The zero-order valence-corrected chi connectivity index (χ0v) is 10.6. The first-order valence-electron chi connectivity index (χ1n) is 4.38. The van der Waals surface area contributed by atoms with Crippen LogP contribution in [0, 0.1) is 0 Å². The molecule has 0 amide bonds. The summed E-state index contributed by atoms with van der Waals surface area (Å²) in [5.41, 5.74) is 0. The van der Waals surface area contributed by atoms with Gasteiger partial charge in [0.2, 0.25) is 0 Å². The van der Waals surface area contributed by atoms with E-state index in [4.69, 9.17) is 3.07 Å². The van der Waals surface area contributed by atoms with E-state index in [1.54, 1.807) is 0 Å². The van der Waals surface area contributed by atoms with Crippen molar-refractivity contribution in [2.75, 3.05) is 6.61 Å². The van der Waals surface area contributed by atoms with Crippen LogP contribution in [0.1, 0.15) is 27.7 Å². The molecular weight excluding hydrogens is 231 g/mol. The fourth-order valence-corrected chi connectivity index (χ4v) is 9.14. The van der Waals surface area contributed by atoms with Crippen LogP contribution < -0.4 is 0 Å². The van der Waals surface area contributed by atoms with Crippen LogP contribution in [-0.2, 0) is 3.07 Å². The molecule has 0 bridgehead atoms. The third-order valence-electron chi connectivity index (χ3n) is 2.38. The average molecular weight is 251 g/mol. The Kier molecular flexibility index (Phi) is 5.83. The molecule has 0 rings (SSSR count). The first kappa shape index (κ1) is 10.8. The molecule has 0 fully saturated rings. The quantitative estimate of drug-likeness (QED) is 0.682. The van der Waals surface area contributed by atoms with Gasteiger partial charge in [-0.1, -0.05) is 0 Å². The van der Waals surface area contributed by atoms with E-state index in [1.165, 1.54) is 13.3 Å². The van der Waals surface area contributed by atoms with Gasteiger partial charge >= 0.3 is 69.5 Å². The summed E-state index contributed by atoms with van der Waals surface area (Å²) in [4.78, 5) is 0. The summed E-state index contributed by atoms with van der Waals surface area (Å²) in [5.74, 6) is 0. The molecule has 2 heteroatoms. The van der Waals surface area contributed by atoms with Crippen LogP contribution in [0.15, 0.2) is 0 Å². The van der Waals surface area contributed by atoms with Crippen LogP contribution in [0.5, 0.6) is 0 Å². The second-order valence-electron chi connectivity index (χ2n) is 2.68. The summed E-state index contributed by atoms with van der Waals surface area (Å²) in [6.45, 7) is 9.93. The molecule has 0 atom stereocenters. The maximum absolute atomic E-state index is 5.89. The number of hydrogen-bond acceptors (Lipinski definition) is 1. The molecule has 0 saturated heterocycles. The average Bonchev–Trinajstić information content (AvgIpc) is 2.01. The van der Waals surface area contributed by atoms with Gasteiger partial charge in [-0.05, 0) is 0 Å². The molecule has 0 aromatic carbocycles. The Balaban J connectivity index is 3.87. The summed E-state index contributed by atoms with van der Waals surface area (Å²) in [6.07, 6.45) is 0. The van der Waals surface area contributed by atoms with Crippen LogP contribution in [0.2, 0.25) is 13.3 Å². The zero-order valence-electron chi connectivity index (χ0n) is 7.74. The van der Waals surface area contributed by atoms with E-state index in [-0.39, 0.29) is 0 Å². The summed E-state index contributed by atoms with van der Waals surface area (Å²) in [5, 5.41) is 0. The van der Waals surface area contributed by atoms with Gasteiger partial charge < -0.3 is 0 Å². The van der Waals surface area contributed by atoms with E-state index < -0.39 is 18.8 Å². The molecule has 0 aliphatic heterocycles. The molecule has 0 N–H and O–H groups in total. The molecule has 0 aliphatic rings. The van der Waals surface area contributed by atoms with Gasteiger partial charge in [-0.2, -0.15) is 0 Å².